The summed E-state index contributed by atoms with van der Waals surface area (Å²) in [6, 6.07) is 10.7. The van der Waals surface area contributed by atoms with Gasteiger partial charge in [-0.3, -0.25) is 0 Å². The molecule has 18 heavy (non-hydrogen) atoms. The maximum Gasteiger partial charge on any atom is 0.0945 e. The Morgan fingerprint density at radius 3 is 2.67 bits per heavy atom. The first kappa shape index (κ1) is 12.8. The van der Waals surface area contributed by atoms with Gasteiger partial charge in [0.05, 0.1) is 22.7 Å². The number of benzene rings is 1. The van der Waals surface area contributed by atoms with E-state index in [2.05, 4.69) is 47.6 Å². The summed E-state index contributed by atoms with van der Waals surface area (Å²) in [6.07, 6.45) is 1.65. The van der Waals surface area contributed by atoms with Gasteiger partial charge in [0, 0.05) is 17.4 Å². The van der Waals surface area contributed by atoms with E-state index in [1.165, 1.54) is 5.56 Å². The van der Waals surface area contributed by atoms with E-state index in [4.69, 9.17) is 5.26 Å². The van der Waals surface area contributed by atoms with E-state index in [1.807, 2.05) is 6.92 Å². The molecule has 0 aliphatic heterocycles. The van der Waals surface area contributed by atoms with Crippen LogP contribution in [0.5, 0.6) is 0 Å². The molecule has 0 bridgehead atoms. The molecule has 1 atom stereocenters. The highest BCUT2D eigenvalue weighted by molar-refractivity contribution is 7.09. The number of aryl methyl sites for hydroxylation is 1. The normalized spacial score (nSPS) is 12.1. The summed E-state index contributed by atoms with van der Waals surface area (Å²) < 4.78 is 0. The fourth-order valence-electron chi connectivity index (χ4n) is 1.75. The zero-order valence-corrected chi connectivity index (χ0v) is 11.5. The highest BCUT2D eigenvalue weighted by Gasteiger charge is 2.10. The molecule has 1 aromatic carbocycles. The van der Waals surface area contributed by atoms with Crippen LogP contribution in [0.1, 0.15) is 23.9 Å². The third-order valence-corrected chi connectivity index (χ3v) is 3.87. The molecule has 0 spiro atoms. The van der Waals surface area contributed by atoms with Crippen LogP contribution in [0, 0.1) is 24.2 Å². The van der Waals surface area contributed by atoms with Crippen molar-refractivity contribution >= 4 is 11.3 Å². The molecule has 92 valence electrons. The van der Waals surface area contributed by atoms with Gasteiger partial charge in [-0.15, -0.1) is 11.3 Å². The molecule has 2 rings (SSSR count). The molecule has 1 aromatic heterocycles. The van der Waals surface area contributed by atoms with Gasteiger partial charge in [0.1, 0.15) is 0 Å². The van der Waals surface area contributed by atoms with Gasteiger partial charge >= 0.3 is 0 Å². The van der Waals surface area contributed by atoms with Gasteiger partial charge in [-0.05, 0) is 13.3 Å². The maximum atomic E-state index is 8.97. The first-order valence-corrected chi connectivity index (χ1v) is 7.02. The Labute approximate surface area is 112 Å². The molecule has 0 N–H and O–H groups in total. The maximum absolute atomic E-state index is 8.97. The molecule has 0 saturated heterocycles. The number of thiazole rings is 1. The van der Waals surface area contributed by atoms with E-state index in [1.54, 1.807) is 11.3 Å². The van der Waals surface area contributed by atoms with E-state index in [0.29, 0.717) is 0 Å². The summed E-state index contributed by atoms with van der Waals surface area (Å²) in [5.74, 6) is 0.0852. The van der Waals surface area contributed by atoms with E-state index >= 15 is 0 Å². The smallest absolute Gasteiger partial charge is 0.0945 e. The van der Waals surface area contributed by atoms with Crippen LogP contribution in [0.3, 0.4) is 0 Å². The summed E-state index contributed by atoms with van der Waals surface area (Å²) in [6.45, 7) is 4.12. The summed E-state index contributed by atoms with van der Waals surface area (Å²) in [4.78, 5) is 4.61. The van der Waals surface area contributed by atoms with Gasteiger partial charge in [0.25, 0.3) is 0 Å². The summed E-state index contributed by atoms with van der Waals surface area (Å²) in [5, 5.41) is 12.1. The summed E-state index contributed by atoms with van der Waals surface area (Å²) in [5.41, 5.74) is 3.42. The third-order valence-electron chi connectivity index (χ3n) is 3.00. The minimum atomic E-state index is 0.0852. The number of hydrogen-bond donors (Lipinski definition) is 0. The molecule has 1 heterocycles. The van der Waals surface area contributed by atoms with Crippen molar-refractivity contribution in [2.24, 2.45) is 5.92 Å². The van der Waals surface area contributed by atoms with Crippen LogP contribution in [0.4, 0.5) is 0 Å². The fraction of sp³-hybridized carbons (Fsp3) is 0.333. The fourth-order valence-corrected chi connectivity index (χ4v) is 2.64. The lowest BCUT2D eigenvalue weighted by Gasteiger charge is -2.01. The molecular formula is C15H16N2S. The zero-order valence-electron chi connectivity index (χ0n) is 10.7. The van der Waals surface area contributed by atoms with Crippen LogP contribution < -0.4 is 0 Å². The van der Waals surface area contributed by atoms with Crippen molar-refractivity contribution in [1.29, 1.82) is 5.26 Å². The van der Waals surface area contributed by atoms with Crippen LogP contribution >= 0.6 is 11.3 Å². The number of aromatic nitrogens is 1. The van der Waals surface area contributed by atoms with Gasteiger partial charge in [-0.1, -0.05) is 36.8 Å². The Morgan fingerprint density at radius 1 is 1.33 bits per heavy atom. The van der Waals surface area contributed by atoms with E-state index < -0.39 is 0 Å². The SMILES string of the molecule is CCC(C#N)Cc1nc(-c2ccc(C)cc2)cs1. The lowest BCUT2D eigenvalue weighted by molar-refractivity contribution is 0.636. The van der Waals surface area contributed by atoms with Gasteiger partial charge in [-0.25, -0.2) is 4.98 Å². The second-order valence-corrected chi connectivity index (χ2v) is 5.37. The van der Waals surface area contributed by atoms with Crippen LogP contribution in [0.15, 0.2) is 29.6 Å². The molecule has 1 unspecified atom stereocenters. The minimum Gasteiger partial charge on any atom is -0.241 e. The van der Waals surface area contributed by atoms with Gasteiger partial charge in [0.15, 0.2) is 0 Å². The van der Waals surface area contributed by atoms with Crippen LogP contribution in [0.2, 0.25) is 0 Å². The Balaban J connectivity index is 2.15. The van der Waals surface area contributed by atoms with Crippen molar-refractivity contribution in [3.63, 3.8) is 0 Å². The number of hydrogen-bond acceptors (Lipinski definition) is 3. The number of rotatable bonds is 4. The lowest BCUT2D eigenvalue weighted by Crippen LogP contribution is -1.99. The summed E-state index contributed by atoms with van der Waals surface area (Å²) >= 11 is 1.65. The topological polar surface area (TPSA) is 36.7 Å². The molecule has 3 heteroatoms. The molecule has 2 aromatic rings. The quantitative estimate of drug-likeness (QED) is 0.821. The van der Waals surface area contributed by atoms with Gasteiger partial charge in [0.2, 0.25) is 0 Å². The highest BCUT2D eigenvalue weighted by atomic mass is 32.1. The van der Waals surface area contributed by atoms with Crippen molar-refractivity contribution in [2.75, 3.05) is 0 Å². The molecule has 0 amide bonds. The standard InChI is InChI=1S/C15H16N2S/c1-3-12(9-16)8-15-17-14(10-18-15)13-6-4-11(2)5-7-13/h4-7,10,12H,3,8H2,1-2H3. The van der Waals surface area contributed by atoms with Crippen LogP contribution in [-0.2, 0) is 6.42 Å². The lowest BCUT2D eigenvalue weighted by atomic mass is 10.1. The highest BCUT2D eigenvalue weighted by Crippen LogP contribution is 2.24. The average molecular weight is 256 g/mol. The van der Waals surface area contributed by atoms with Crippen LogP contribution in [0.25, 0.3) is 11.3 Å². The summed E-state index contributed by atoms with van der Waals surface area (Å²) in [7, 11) is 0. The van der Waals surface area contributed by atoms with Crippen molar-refractivity contribution in [3.8, 4) is 17.3 Å². The van der Waals surface area contributed by atoms with E-state index in [-0.39, 0.29) is 5.92 Å². The predicted molar refractivity (Wildman–Crippen MR) is 75.4 cm³/mol. The Kier molecular flexibility index (Phi) is 4.11. The zero-order chi connectivity index (χ0) is 13.0. The Bertz CT molecular complexity index is 549. The van der Waals surface area contributed by atoms with Crippen molar-refractivity contribution in [2.45, 2.75) is 26.7 Å². The van der Waals surface area contributed by atoms with E-state index in [0.717, 1.165) is 29.1 Å². The molecular weight excluding hydrogens is 240 g/mol. The first-order chi connectivity index (χ1) is 8.72. The first-order valence-electron chi connectivity index (χ1n) is 6.14. The average Bonchev–Trinajstić information content (AvgIpc) is 2.85. The second kappa shape index (κ2) is 5.79. The number of nitriles is 1. The van der Waals surface area contributed by atoms with Crippen molar-refractivity contribution in [1.82, 2.24) is 4.98 Å². The molecule has 0 radical (unpaired) electrons. The molecule has 0 fully saturated rings. The molecule has 2 nitrogen and oxygen atoms in total. The van der Waals surface area contributed by atoms with Crippen molar-refractivity contribution in [3.05, 3.63) is 40.2 Å². The predicted octanol–water partition coefficient (Wildman–Crippen LogP) is 4.21. The third kappa shape index (κ3) is 2.96. The Morgan fingerprint density at radius 2 is 2.06 bits per heavy atom. The molecule has 0 aliphatic rings. The minimum absolute atomic E-state index is 0.0852. The Hall–Kier alpha value is -1.66. The number of nitrogens with zero attached hydrogens (tertiary/aromatic N) is 2. The largest absolute Gasteiger partial charge is 0.241 e. The monoisotopic (exact) mass is 256 g/mol. The molecule has 0 aliphatic carbocycles. The van der Waals surface area contributed by atoms with E-state index in [9.17, 15) is 0 Å². The van der Waals surface area contributed by atoms with Crippen molar-refractivity contribution < 1.29 is 0 Å². The molecule has 0 saturated carbocycles. The van der Waals surface area contributed by atoms with Gasteiger partial charge in [-0.2, -0.15) is 5.26 Å². The van der Waals surface area contributed by atoms with Crippen LogP contribution in [-0.4, -0.2) is 4.98 Å². The second-order valence-electron chi connectivity index (χ2n) is 4.43. The van der Waals surface area contributed by atoms with Gasteiger partial charge < -0.3 is 0 Å².